The molecule has 31 nitrogen and oxygen atoms in total. The number of hydrogen-bond donors (Lipinski definition) is 10. The van der Waals surface area contributed by atoms with Crippen molar-refractivity contribution in [2.45, 2.75) is 6.92 Å². The molecule has 0 fully saturated rings. The molecule has 31 heteroatoms. The summed E-state index contributed by atoms with van der Waals surface area (Å²) in [6.45, 7) is 1.78. The van der Waals surface area contributed by atoms with Gasteiger partial charge < -0.3 is 79.9 Å². The van der Waals surface area contributed by atoms with Crippen LogP contribution in [0.3, 0.4) is 0 Å². The standard InChI is InChI=1S/C16H13N3O10.C16H12N2O6.C16H15NO5.C8H8O4/c1-28-11-5-7(15(20)21)3-9(18(24)25)13(11)17-14-10(19(26)27)4-8(16(22)23)6-12(14)29-2;1-23-11-5-7(15(19)20)3-9-13(11)18-14-10(17-9)4-8(16(21)22)6-12(14)24-2;1-9-7-10(15(18)19)3-5-12(9)17-13-6-4-11(16(20)21)8-14(13)22-2;1-12-7-4-5(8(10)11)2-3-6(7)9/h3-6,17H,1-2H3,(H,20,21)(H,22,23);3-6H,1-2H3,(H,19,20)(H,21,22);3-8,17H,1-2H3,(H,18,19)(H,20,21);2-4,9H,1H3,(H,10,11). The molecule has 0 amide bonds. The highest BCUT2D eigenvalue weighted by molar-refractivity contribution is 6.01. The third-order valence-corrected chi connectivity index (χ3v) is 11.9. The van der Waals surface area contributed by atoms with Gasteiger partial charge in [-0.05, 0) is 103 Å². The number of phenols is 1. The lowest BCUT2D eigenvalue weighted by Crippen LogP contribution is -2.08. The molecule has 0 atom stereocenters. The molecule has 0 spiro atoms. The van der Waals surface area contributed by atoms with E-state index in [9.17, 15) is 64.0 Å². The molecule has 8 aromatic rings. The molecule has 10 N–H and O–H groups in total. The minimum absolute atomic E-state index is 0.00523. The summed E-state index contributed by atoms with van der Waals surface area (Å²) in [7, 11) is 7.85. The maximum absolute atomic E-state index is 11.4. The van der Waals surface area contributed by atoms with E-state index in [1.165, 1.54) is 89.1 Å². The van der Waals surface area contributed by atoms with Crippen LogP contribution in [-0.2, 0) is 0 Å². The number of nitrogens with one attached hydrogen (secondary N) is 2. The molecule has 0 aliphatic heterocycles. The van der Waals surface area contributed by atoms with Gasteiger partial charge in [-0.15, -0.1) is 0 Å². The number of aromatic carboxylic acids is 7. The van der Waals surface area contributed by atoms with Gasteiger partial charge in [0, 0.05) is 17.8 Å². The lowest BCUT2D eigenvalue weighted by atomic mass is 10.1. The summed E-state index contributed by atoms with van der Waals surface area (Å²) in [5.74, 6) is -7.81. The normalized spacial score (nSPS) is 10.2. The molecule has 1 aromatic heterocycles. The van der Waals surface area contributed by atoms with Crippen LogP contribution in [0.2, 0.25) is 0 Å². The van der Waals surface area contributed by atoms with Crippen LogP contribution < -0.4 is 39.1 Å². The number of nitrogens with zero attached hydrogens (tertiary/aromatic N) is 4. The first kappa shape index (κ1) is 65.2. The number of aromatic nitrogens is 2. The van der Waals surface area contributed by atoms with Gasteiger partial charge in [0.15, 0.2) is 22.9 Å². The van der Waals surface area contributed by atoms with Gasteiger partial charge in [0.25, 0.3) is 11.4 Å². The lowest BCUT2D eigenvalue weighted by molar-refractivity contribution is -0.384. The SMILES string of the molecule is COc1cc(C(=O)O)cc([N+](=O)[O-])c1Nc1c(OC)cc(C(=O)O)cc1[N+](=O)[O-].COc1cc(C(=O)O)cc2nc3cc(C(=O)O)cc(OC)c3nc12.COc1cc(C(=O)O)ccc1Nc1ccc(C(=O)O)cc1C.COc1cc(C(=O)O)ccc1O. The van der Waals surface area contributed by atoms with Gasteiger partial charge in [-0.2, -0.15) is 0 Å². The number of nitro benzene ring substituents is 2. The minimum Gasteiger partial charge on any atom is -0.504 e. The third-order valence-electron chi connectivity index (χ3n) is 11.9. The third kappa shape index (κ3) is 15.7. The van der Waals surface area contributed by atoms with Gasteiger partial charge >= 0.3 is 41.8 Å². The monoisotopic (exact) mass is 1200 g/mol. The second kappa shape index (κ2) is 28.4. The van der Waals surface area contributed by atoms with E-state index in [1.807, 2.05) is 0 Å². The average molecular weight is 1210 g/mol. The second-order valence-corrected chi connectivity index (χ2v) is 17.2. The Labute approximate surface area is 487 Å². The summed E-state index contributed by atoms with van der Waals surface area (Å²) in [6.07, 6.45) is 0. The minimum atomic E-state index is -1.45. The number of anilines is 4. The van der Waals surface area contributed by atoms with Crippen molar-refractivity contribution in [2.75, 3.05) is 53.3 Å². The molecule has 0 unspecified atom stereocenters. The van der Waals surface area contributed by atoms with Crippen molar-refractivity contribution < 1.29 is 113 Å². The molecule has 0 aliphatic carbocycles. The maximum atomic E-state index is 11.4. The number of carboxylic acids is 7. The van der Waals surface area contributed by atoms with Crippen LogP contribution in [0, 0.1) is 27.2 Å². The lowest BCUT2D eigenvalue weighted by Gasteiger charge is -2.15. The van der Waals surface area contributed by atoms with Gasteiger partial charge in [0.2, 0.25) is 0 Å². The number of rotatable bonds is 19. The Morgan fingerprint density at radius 1 is 0.391 bits per heavy atom. The topological polar surface area (TPSA) is 473 Å². The number of nitro groups is 2. The summed E-state index contributed by atoms with van der Waals surface area (Å²) >= 11 is 0. The molecule has 0 saturated heterocycles. The van der Waals surface area contributed by atoms with Crippen LogP contribution in [0.4, 0.5) is 34.1 Å². The fraction of sp³-hybridized carbons (Fsp3) is 0.125. The quantitative estimate of drug-likeness (QED) is 0.0205. The molecule has 7 aromatic carbocycles. The summed E-state index contributed by atoms with van der Waals surface area (Å²) in [5, 5.41) is 101. The number of aromatic hydroxyl groups is 1. The summed E-state index contributed by atoms with van der Waals surface area (Å²) in [6, 6.07) is 21.9. The van der Waals surface area contributed by atoms with Crippen LogP contribution in [0.25, 0.3) is 22.1 Å². The average Bonchev–Trinajstić information content (AvgIpc) is 1.61. The van der Waals surface area contributed by atoms with E-state index in [0.717, 1.165) is 44.0 Å². The van der Waals surface area contributed by atoms with Crippen molar-refractivity contribution in [3.8, 4) is 40.2 Å². The number of hydrogen-bond acceptors (Lipinski definition) is 22. The van der Waals surface area contributed by atoms with Gasteiger partial charge in [-0.25, -0.2) is 43.5 Å². The van der Waals surface area contributed by atoms with E-state index in [1.54, 1.807) is 25.1 Å². The van der Waals surface area contributed by atoms with Crippen molar-refractivity contribution in [3.63, 3.8) is 0 Å². The molecular weight excluding hydrogens is 1160 g/mol. The smallest absolute Gasteiger partial charge is 0.336 e. The zero-order valence-corrected chi connectivity index (χ0v) is 46.1. The van der Waals surface area contributed by atoms with Crippen LogP contribution in [0.1, 0.15) is 78.1 Å². The number of methoxy groups -OCH3 is 6. The second-order valence-electron chi connectivity index (χ2n) is 17.2. The van der Waals surface area contributed by atoms with Crippen molar-refractivity contribution in [3.05, 3.63) is 168 Å². The Balaban J connectivity index is 0.000000219. The van der Waals surface area contributed by atoms with Gasteiger partial charge in [0.1, 0.15) is 39.8 Å². The predicted molar refractivity (Wildman–Crippen MR) is 304 cm³/mol. The highest BCUT2D eigenvalue weighted by atomic mass is 16.6. The van der Waals surface area contributed by atoms with Crippen LogP contribution in [0.5, 0.6) is 40.2 Å². The largest absolute Gasteiger partial charge is 0.504 e. The van der Waals surface area contributed by atoms with Crippen LogP contribution in [-0.4, -0.2) is 145 Å². The van der Waals surface area contributed by atoms with E-state index in [0.29, 0.717) is 28.2 Å². The van der Waals surface area contributed by atoms with E-state index < -0.39 is 74.1 Å². The van der Waals surface area contributed by atoms with Crippen molar-refractivity contribution in [2.24, 2.45) is 0 Å². The van der Waals surface area contributed by atoms with Crippen molar-refractivity contribution >= 4 is 98.0 Å². The molecule has 0 radical (unpaired) electrons. The van der Waals surface area contributed by atoms with Crippen LogP contribution in [0.15, 0.2) is 103 Å². The Bertz CT molecular complexity index is 3920. The van der Waals surface area contributed by atoms with Gasteiger partial charge in [-0.1, -0.05) is 0 Å². The molecule has 1 heterocycles. The fourth-order valence-corrected chi connectivity index (χ4v) is 7.64. The zero-order chi connectivity index (χ0) is 64.7. The van der Waals surface area contributed by atoms with E-state index in [4.69, 9.17) is 59.1 Å². The number of phenolic OH excluding ortho intramolecular Hbond substituents is 1. The molecule has 452 valence electrons. The first-order valence-corrected chi connectivity index (χ1v) is 24.0. The number of carboxylic acid groups (broad SMARTS) is 7. The number of benzene rings is 7. The summed E-state index contributed by atoms with van der Waals surface area (Å²) < 4.78 is 30.3. The molecule has 0 bridgehead atoms. The molecule has 0 aliphatic rings. The maximum Gasteiger partial charge on any atom is 0.336 e. The van der Waals surface area contributed by atoms with E-state index in [-0.39, 0.29) is 84.7 Å². The summed E-state index contributed by atoms with van der Waals surface area (Å²) in [4.78, 5) is 107. The molecular formula is C56H48N6O25. The van der Waals surface area contributed by atoms with Gasteiger partial charge in [-0.3, -0.25) is 20.2 Å². The predicted octanol–water partition coefficient (Wildman–Crippen LogP) is 9.10. The first-order chi connectivity index (χ1) is 41.1. The Kier molecular flexibility index (Phi) is 21.3. The molecule has 8 rings (SSSR count). The van der Waals surface area contributed by atoms with Crippen molar-refractivity contribution in [1.29, 1.82) is 0 Å². The highest BCUT2D eigenvalue weighted by Crippen LogP contribution is 2.44. The number of aryl methyl sites for hydroxylation is 1. The van der Waals surface area contributed by atoms with Crippen molar-refractivity contribution in [1.82, 2.24) is 9.97 Å². The Hall–Kier alpha value is -12.6. The fourth-order valence-electron chi connectivity index (χ4n) is 7.64. The summed E-state index contributed by atoms with van der Waals surface area (Å²) in [5.41, 5.74) is 0.628. The molecule has 0 saturated carbocycles. The first-order valence-electron chi connectivity index (χ1n) is 24.0. The highest BCUT2D eigenvalue weighted by Gasteiger charge is 2.29. The Morgan fingerprint density at radius 2 is 0.713 bits per heavy atom. The Morgan fingerprint density at radius 3 is 1.07 bits per heavy atom. The zero-order valence-electron chi connectivity index (χ0n) is 46.1. The molecule has 87 heavy (non-hydrogen) atoms. The number of carbonyl (C=O) groups is 7. The number of fused-ring (bicyclic) bond motifs is 2. The van der Waals surface area contributed by atoms with Crippen LogP contribution >= 0.6 is 0 Å². The van der Waals surface area contributed by atoms with E-state index in [2.05, 4.69) is 20.6 Å². The van der Waals surface area contributed by atoms with E-state index >= 15 is 0 Å². The number of ether oxygens (including phenoxy) is 6. The van der Waals surface area contributed by atoms with Gasteiger partial charge in [0.05, 0.1) is 108 Å².